The zero-order valence-electron chi connectivity index (χ0n) is 12.4. The normalized spacial score (nSPS) is 29.4. The van der Waals surface area contributed by atoms with Crippen molar-refractivity contribution in [2.24, 2.45) is 0 Å². The summed E-state index contributed by atoms with van der Waals surface area (Å²) in [5.41, 5.74) is 0.531. The van der Waals surface area contributed by atoms with E-state index >= 15 is 0 Å². The zero-order valence-corrected chi connectivity index (χ0v) is 12.4. The third-order valence-electron chi connectivity index (χ3n) is 4.36. The molecule has 116 valence electrons. The van der Waals surface area contributed by atoms with Crippen LogP contribution in [0.4, 0.5) is 0 Å². The molecule has 0 radical (unpaired) electrons. The molecular formula is C14H21N3O4. The van der Waals surface area contributed by atoms with Gasteiger partial charge in [-0.15, -0.1) is 5.10 Å². The molecule has 1 aromatic heterocycles. The number of aromatic nitrogens is 3. The van der Waals surface area contributed by atoms with E-state index in [2.05, 4.69) is 10.3 Å². The van der Waals surface area contributed by atoms with Crippen LogP contribution in [0.25, 0.3) is 0 Å². The second-order valence-corrected chi connectivity index (χ2v) is 6.21. The summed E-state index contributed by atoms with van der Waals surface area (Å²) >= 11 is 0. The Labute approximate surface area is 123 Å². The first-order chi connectivity index (χ1) is 10.0. The first kappa shape index (κ1) is 14.5. The van der Waals surface area contributed by atoms with Crippen molar-refractivity contribution in [3.05, 3.63) is 11.4 Å². The number of aromatic carboxylic acids is 1. The minimum Gasteiger partial charge on any atom is -0.476 e. The van der Waals surface area contributed by atoms with E-state index in [1.807, 2.05) is 13.8 Å². The van der Waals surface area contributed by atoms with Gasteiger partial charge in [0.25, 0.3) is 0 Å². The zero-order chi connectivity index (χ0) is 15.0. The predicted octanol–water partition coefficient (Wildman–Crippen LogP) is 1.61. The Bertz CT molecular complexity index is 534. The molecule has 0 bridgehead atoms. The summed E-state index contributed by atoms with van der Waals surface area (Å²) in [7, 11) is 0. The molecule has 2 aliphatic rings. The van der Waals surface area contributed by atoms with Crippen molar-refractivity contribution in [1.29, 1.82) is 0 Å². The lowest BCUT2D eigenvalue weighted by atomic mass is 9.89. The molecule has 2 aliphatic heterocycles. The quantitative estimate of drug-likeness (QED) is 0.911. The standard InChI is InChI=1S/C14H21N3O4/c1-9(2)12-11(13(18)19)15-16-17(12)10-3-5-21-14(7-10)4-6-20-8-14/h9-10H,3-8H2,1-2H3,(H,18,19). The van der Waals surface area contributed by atoms with Crippen LogP contribution in [-0.2, 0) is 9.47 Å². The molecule has 0 amide bonds. The van der Waals surface area contributed by atoms with Crippen molar-refractivity contribution in [2.75, 3.05) is 19.8 Å². The van der Waals surface area contributed by atoms with Crippen molar-refractivity contribution in [2.45, 2.75) is 50.7 Å². The van der Waals surface area contributed by atoms with Gasteiger partial charge in [-0.1, -0.05) is 19.1 Å². The first-order valence-corrected chi connectivity index (χ1v) is 7.42. The second kappa shape index (κ2) is 5.38. The Balaban J connectivity index is 1.91. The molecule has 3 heterocycles. The largest absolute Gasteiger partial charge is 0.476 e. The van der Waals surface area contributed by atoms with Crippen molar-refractivity contribution < 1.29 is 19.4 Å². The monoisotopic (exact) mass is 295 g/mol. The molecule has 21 heavy (non-hydrogen) atoms. The van der Waals surface area contributed by atoms with E-state index in [0.717, 1.165) is 25.9 Å². The van der Waals surface area contributed by atoms with Gasteiger partial charge in [0.2, 0.25) is 0 Å². The smallest absolute Gasteiger partial charge is 0.358 e. The average molecular weight is 295 g/mol. The lowest BCUT2D eigenvalue weighted by Gasteiger charge is -2.37. The van der Waals surface area contributed by atoms with Crippen LogP contribution in [-0.4, -0.2) is 51.5 Å². The Kier molecular flexibility index (Phi) is 3.71. The lowest BCUT2D eigenvalue weighted by Crippen LogP contribution is -2.41. The second-order valence-electron chi connectivity index (χ2n) is 6.21. The highest BCUT2D eigenvalue weighted by molar-refractivity contribution is 5.86. The minimum atomic E-state index is -1.02. The van der Waals surface area contributed by atoms with Crippen LogP contribution in [0, 0.1) is 0 Å². The Morgan fingerprint density at radius 3 is 2.90 bits per heavy atom. The fourth-order valence-electron chi connectivity index (χ4n) is 3.33. The van der Waals surface area contributed by atoms with Gasteiger partial charge in [-0.3, -0.25) is 0 Å². The fraction of sp³-hybridized carbons (Fsp3) is 0.786. The summed E-state index contributed by atoms with van der Waals surface area (Å²) in [6, 6.07) is 0.124. The molecular weight excluding hydrogens is 274 g/mol. The molecule has 1 aromatic rings. The van der Waals surface area contributed by atoms with Crippen molar-refractivity contribution in [3.8, 4) is 0 Å². The molecule has 2 saturated heterocycles. The molecule has 1 spiro atoms. The summed E-state index contributed by atoms with van der Waals surface area (Å²) < 4.78 is 13.2. The van der Waals surface area contributed by atoms with Crippen LogP contribution in [0.5, 0.6) is 0 Å². The van der Waals surface area contributed by atoms with Gasteiger partial charge in [0.1, 0.15) is 0 Å². The van der Waals surface area contributed by atoms with Gasteiger partial charge in [-0.25, -0.2) is 9.48 Å². The summed E-state index contributed by atoms with van der Waals surface area (Å²) in [6.07, 6.45) is 2.51. The van der Waals surface area contributed by atoms with E-state index in [-0.39, 0.29) is 23.3 Å². The molecule has 2 unspecified atom stereocenters. The van der Waals surface area contributed by atoms with Crippen molar-refractivity contribution in [3.63, 3.8) is 0 Å². The third kappa shape index (κ3) is 2.55. The van der Waals surface area contributed by atoms with Crippen molar-refractivity contribution in [1.82, 2.24) is 15.0 Å². The number of ether oxygens (including phenoxy) is 2. The van der Waals surface area contributed by atoms with Gasteiger partial charge in [0.15, 0.2) is 5.69 Å². The summed E-state index contributed by atoms with van der Waals surface area (Å²) in [4.78, 5) is 11.3. The highest BCUT2D eigenvalue weighted by Gasteiger charge is 2.42. The molecule has 2 fully saturated rings. The highest BCUT2D eigenvalue weighted by Crippen LogP contribution is 2.39. The number of carboxylic acids is 1. The molecule has 0 aromatic carbocycles. The van der Waals surface area contributed by atoms with Crippen LogP contribution in [0.2, 0.25) is 0 Å². The molecule has 3 rings (SSSR count). The molecule has 1 N–H and O–H groups in total. The van der Waals surface area contributed by atoms with E-state index in [1.165, 1.54) is 0 Å². The van der Waals surface area contributed by atoms with Crippen LogP contribution >= 0.6 is 0 Å². The third-order valence-corrected chi connectivity index (χ3v) is 4.36. The van der Waals surface area contributed by atoms with Gasteiger partial charge in [0, 0.05) is 26.1 Å². The Hall–Kier alpha value is -1.47. The maximum atomic E-state index is 11.3. The molecule has 0 saturated carbocycles. The average Bonchev–Trinajstić information content (AvgIpc) is 3.05. The first-order valence-electron chi connectivity index (χ1n) is 7.42. The summed E-state index contributed by atoms with van der Waals surface area (Å²) in [5, 5.41) is 17.3. The number of carboxylic acid groups (broad SMARTS) is 1. The maximum Gasteiger partial charge on any atom is 0.358 e. The van der Waals surface area contributed by atoms with E-state index < -0.39 is 5.97 Å². The number of rotatable bonds is 3. The Morgan fingerprint density at radius 2 is 2.29 bits per heavy atom. The van der Waals surface area contributed by atoms with Crippen LogP contribution in [0.15, 0.2) is 0 Å². The molecule has 0 aliphatic carbocycles. The van der Waals surface area contributed by atoms with Crippen LogP contribution in [0.1, 0.15) is 61.3 Å². The topological polar surface area (TPSA) is 86.5 Å². The number of carbonyl (C=O) groups is 1. The summed E-state index contributed by atoms with van der Waals surface area (Å²) in [6.45, 7) is 5.92. The van der Waals surface area contributed by atoms with Gasteiger partial charge in [-0.2, -0.15) is 0 Å². The van der Waals surface area contributed by atoms with Crippen molar-refractivity contribution >= 4 is 5.97 Å². The Morgan fingerprint density at radius 1 is 1.48 bits per heavy atom. The van der Waals surface area contributed by atoms with E-state index in [4.69, 9.17) is 9.47 Å². The van der Waals surface area contributed by atoms with E-state index in [0.29, 0.717) is 18.9 Å². The predicted molar refractivity (Wildman–Crippen MR) is 73.5 cm³/mol. The SMILES string of the molecule is CC(C)c1c(C(=O)O)nnn1C1CCOC2(CCOC2)C1. The molecule has 7 heteroatoms. The van der Waals surface area contributed by atoms with Crippen LogP contribution in [0.3, 0.4) is 0 Å². The molecule has 7 nitrogen and oxygen atoms in total. The van der Waals surface area contributed by atoms with Gasteiger partial charge in [0.05, 0.1) is 23.9 Å². The van der Waals surface area contributed by atoms with Gasteiger partial charge in [-0.05, 0) is 12.3 Å². The summed E-state index contributed by atoms with van der Waals surface area (Å²) in [5.74, 6) is -0.958. The fourth-order valence-corrected chi connectivity index (χ4v) is 3.33. The number of hydrogen-bond acceptors (Lipinski definition) is 5. The van der Waals surface area contributed by atoms with E-state index in [1.54, 1.807) is 4.68 Å². The van der Waals surface area contributed by atoms with Crippen LogP contribution < -0.4 is 0 Å². The molecule has 2 atom stereocenters. The van der Waals surface area contributed by atoms with E-state index in [9.17, 15) is 9.90 Å². The minimum absolute atomic E-state index is 0.0599. The number of hydrogen-bond donors (Lipinski definition) is 1. The number of nitrogens with zero attached hydrogens (tertiary/aromatic N) is 3. The van der Waals surface area contributed by atoms with Gasteiger partial charge >= 0.3 is 5.97 Å². The lowest BCUT2D eigenvalue weighted by molar-refractivity contribution is -0.0967. The van der Waals surface area contributed by atoms with Gasteiger partial charge < -0.3 is 14.6 Å². The highest BCUT2D eigenvalue weighted by atomic mass is 16.6. The maximum absolute atomic E-state index is 11.3.